The molecule has 4 rings (SSSR count). The fraction of sp³-hybridized carbons (Fsp3) is 0.0435. The Bertz CT molecular complexity index is 1120. The molecular formula is C23H20N4. The van der Waals surface area contributed by atoms with Crippen molar-refractivity contribution >= 4 is 34.3 Å². The summed E-state index contributed by atoms with van der Waals surface area (Å²) in [6.45, 7) is 4.28. The first-order valence-corrected chi connectivity index (χ1v) is 8.79. The molecule has 0 radical (unpaired) electrons. The number of pyridine rings is 1. The molecule has 2 heterocycles. The summed E-state index contributed by atoms with van der Waals surface area (Å²) in [5.41, 5.74) is 7.00. The number of anilines is 1. The molecule has 0 atom stereocenters. The largest absolute Gasteiger partial charge is 0.388 e. The van der Waals surface area contributed by atoms with E-state index in [4.69, 9.17) is 0 Å². The number of benzene rings is 2. The van der Waals surface area contributed by atoms with Gasteiger partial charge in [-0.1, -0.05) is 30.8 Å². The predicted molar refractivity (Wildman–Crippen MR) is 113 cm³/mol. The van der Waals surface area contributed by atoms with Gasteiger partial charge in [0.2, 0.25) is 0 Å². The molecule has 0 saturated carbocycles. The highest BCUT2D eigenvalue weighted by molar-refractivity contribution is 5.92. The van der Waals surface area contributed by atoms with Gasteiger partial charge >= 0.3 is 0 Å². The SMILES string of the molecule is C=C(c1cccc(NC)c1)c1ccc2c(/C=C/c3ccccn3)n[nH]c2c1. The van der Waals surface area contributed by atoms with Crippen molar-refractivity contribution < 1.29 is 0 Å². The normalized spacial score (nSPS) is 11.1. The van der Waals surface area contributed by atoms with Gasteiger partial charge < -0.3 is 5.32 Å². The molecule has 0 aliphatic heterocycles. The van der Waals surface area contributed by atoms with Crippen LogP contribution in [-0.2, 0) is 0 Å². The third-order valence-electron chi connectivity index (χ3n) is 4.54. The fourth-order valence-corrected chi connectivity index (χ4v) is 3.02. The molecule has 27 heavy (non-hydrogen) atoms. The minimum absolute atomic E-state index is 0.894. The van der Waals surface area contributed by atoms with Gasteiger partial charge in [0.15, 0.2) is 0 Å². The van der Waals surface area contributed by atoms with E-state index in [9.17, 15) is 0 Å². The number of hydrogen-bond donors (Lipinski definition) is 2. The number of aromatic amines is 1. The molecular weight excluding hydrogens is 332 g/mol. The maximum atomic E-state index is 4.43. The molecule has 2 N–H and O–H groups in total. The van der Waals surface area contributed by atoms with Crippen LogP contribution in [0.3, 0.4) is 0 Å². The molecule has 4 heteroatoms. The van der Waals surface area contributed by atoms with Crippen LogP contribution in [0.1, 0.15) is 22.5 Å². The number of aromatic nitrogens is 3. The molecule has 0 saturated heterocycles. The summed E-state index contributed by atoms with van der Waals surface area (Å²) in [5.74, 6) is 0. The number of rotatable bonds is 5. The average molecular weight is 352 g/mol. The number of nitrogens with zero attached hydrogens (tertiary/aromatic N) is 2. The molecule has 2 aromatic heterocycles. The lowest BCUT2D eigenvalue weighted by Gasteiger charge is -2.08. The summed E-state index contributed by atoms with van der Waals surface area (Å²) in [5, 5.41) is 11.8. The maximum Gasteiger partial charge on any atom is 0.0928 e. The van der Waals surface area contributed by atoms with E-state index >= 15 is 0 Å². The topological polar surface area (TPSA) is 53.6 Å². The van der Waals surface area contributed by atoms with Crippen molar-refractivity contribution in [2.24, 2.45) is 0 Å². The first-order valence-electron chi connectivity index (χ1n) is 8.79. The van der Waals surface area contributed by atoms with Crippen LogP contribution in [-0.4, -0.2) is 22.2 Å². The summed E-state index contributed by atoms with van der Waals surface area (Å²) in [6, 6.07) is 20.3. The van der Waals surface area contributed by atoms with E-state index in [0.29, 0.717) is 0 Å². The van der Waals surface area contributed by atoms with E-state index in [1.807, 2.05) is 49.5 Å². The Labute approximate surface area is 158 Å². The van der Waals surface area contributed by atoms with Crippen molar-refractivity contribution in [3.63, 3.8) is 0 Å². The smallest absolute Gasteiger partial charge is 0.0928 e. The van der Waals surface area contributed by atoms with Gasteiger partial charge in [-0.15, -0.1) is 0 Å². The van der Waals surface area contributed by atoms with Crippen LogP contribution in [0.4, 0.5) is 5.69 Å². The Morgan fingerprint density at radius 2 is 1.89 bits per heavy atom. The van der Waals surface area contributed by atoms with Crippen LogP contribution in [0.15, 0.2) is 73.4 Å². The van der Waals surface area contributed by atoms with E-state index in [1.165, 1.54) is 0 Å². The highest BCUT2D eigenvalue weighted by Crippen LogP contribution is 2.27. The van der Waals surface area contributed by atoms with Crippen molar-refractivity contribution in [2.45, 2.75) is 0 Å². The molecule has 0 amide bonds. The first kappa shape index (κ1) is 16.8. The maximum absolute atomic E-state index is 4.43. The van der Waals surface area contributed by atoms with Gasteiger partial charge in [-0.05, 0) is 65.3 Å². The Kier molecular flexibility index (Phi) is 4.54. The Hall–Kier alpha value is -3.66. The molecule has 4 nitrogen and oxygen atoms in total. The Balaban J connectivity index is 1.64. The van der Waals surface area contributed by atoms with Crippen molar-refractivity contribution in [1.29, 1.82) is 0 Å². The molecule has 0 aliphatic carbocycles. The van der Waals surface area contributed by atoms with E-state index < -0.39 is 0 Å². The second-order valence-electron chi connectivity index (χ2n) is 6.27. The minimum atomic E-state index is 0.894. The van der Waals surface area contributed by atoms with Gasteiger partial charge in [0.05, 0.1) is 16.9 Å². The Morgan fingerprint density at radius 1 is 1.00 bits per heavy atom. The molecule has 0 aliphatic rings. The van der Waals surface area contributed by atoms with Crippen LogP contribution < -0.4 is 5.32 Å². The lowest BCUT2D eigenvalue weighted by atomic mass is 9.98. The number of nitrogens with one attached hydrogen (secondary N) is 2. The van der Waals surface area contributed by atoms with Crippen LogP contribution in [0.5, 0.6) is 0 Å². The second-order valence-corrected chi connectivity index (χ2v) is 6.27. The zero-order valence-electron chi connectivity index (χ0n) is 15.1. The molecule has 0 spiro atoms. The molecule has 0 unspecified atom stereocenters. The van der Waals surface area contributed by atoms with Gasteiger partial charge in [-0.2, -0.15) is 5.10 Å². The Morgan fingerprint density at radius 3 is 2.70 bits per heavy atom. The minimum Gasteiger partial charge on any atom is -0.388 e. The zero-order valence-corrected chi connectivity index (χ0v) is 15.1. The fourth-order valence-electron chi connectivity index (χ4n) is 3.02. The summed E-state index contributed by atoms with van der Waals surface area (Å²) in [4.78, 5) is 4.30. The quantitative estimate of drug-likeness (QED) is 0.517. The number of H-pyrrole nitrogens is 1. The summed E-state index contributed by atoms with van der Waals surface area (Å²) >= 11 is 0. The van der Waals surface area contributed by atoms with E-state index in [-0.39, 0.29) is 0 Å². The van der Waals surface area contributed by atoms with Gasteiger partial charge in [-0.25, -0.2) is 0 Å². The number of hydrogen-bond acceptors (Lipinski definition) is 3. The highest BCUT2D eigenvalue weighted by Gasteiger charge is 2.08. The van der Waals surface area contributed by atoms with E-state index in [2.05, 4.69) is 57.4 Å². The predicted octanol–water partition coefficient (Wildman–Crippen LogP) is 5.23. The first-order chi connectivity index (χ1) is 13.2. The molecule has 132 valence electrons. The van der Waals surface area contributed by atoms with Crippen molar-refractivity contribution in [2.75, 3.05) is 12.4 Å². The lowest BCUT2D eigenvalue weighted by Crippen LogP contribution is -1.91. The van der Waals surface area contributed by atoms with Crippen molar-refractivity contribution in [3.8, 4) is 0 Å². The summed E-state index contributed by atoms with van der Waals surface area (Å²) in [7, 11) is 1.92. The second kappa shape index (κ2) is 7.30. The summed E-state index contributed by atoms with van der Waals surface area (Å²) < 4.78 is 0. The van der Waals surface area contributed by atoms with Gasteiger partial charge in [0.25, 0.3) is 0 Å². The van der Waals surface area contributed by atoms with E-state index in [1.54, 1.807) is 6.20 Å². The molecule has 0 fully saturated rings. The average Bonchev–Trinajstić information content (AvgIpc) is 3.14. The highest BCUT2D eigenvalue weighted by atomic mass is 15.1. The van der Waals surface area contributed by atoms with Gasteiger partial charge in [-0.3, -0.25) is 10.1 Å². The number of fused-ring (bicyclic) bond motifs is 1. The third-order valence-corrected chi connectivity index (χ3v) is 4.54. The van der Waals surface area contributed by atoms with Crippen LogP contribution >= 0.6 is 0 Å². The molecule has 0 bridgehead atoms. The third kappa shape index (κ3) is 3.51. The van der Waals surface area contributed by atoms with Crippen molar-refractivity contribution in [3.05, 3.63) is 96.0 Å². The lowest BCUT2D eigenvalue weighted by molar-refractivity contribution is 1.11. The molecule has 4 aromatic rings. The summed E-state index contributed by atoms with van der Waals surface area (Å²) in [6.07, 6.45) is 5.72. The van der Waals surface area contributed by atoms with Crippen LogP contribution in [0.2, 0.25) is 0 Å². The standard InChI is InChI=1S/C23H20N4/c1-16(17-6-5-8-20(14-17)24-2)18-9-11-21-22(26-27-23(21)15-18)12-10-19-7-3-4-13-25-19/h3-15,24H,1H2,2H3,(H,26,27)/b12-10+. The van der Waals surface area contributed by atoms with E-state index in [0.717, 1.165) is 44.7 Å². The van der Waals surface area contributed by atoms with Crippen LogP contribution in [0.25, 0.3) is 28.6 Å². The molecule has 2 aromatic carbocycles. The van der Waals surface area contributed by atoms with Gasteiger partial charge in [0, 0.05) is 24.3 Å². The van der Waals surface area contributed by atoms with Crippen molar-refractivity contribution in [1.82, 2.24) is 15.2 Å². The zero-order chi connectivity index (χ0) is 18.6. The van der Waals surface area contributed by atoms with Gasteiger partial charge in [0.1, 0.15) is 0 Å². The van der Waals surface area contributed by atoms with Crippen LogP contribution in [0, 0.1) is 0 Å². The monoisotopic (exact) mass is 352 g/mol.